The first-order valence-electron chi connectivity index (χ1n) is 10.1. The van der Waals surface area contributed by atoms with Gasteiger partial charge in [-0.25, -0.2) is 0 Å². The Bertz CT molecular complexity index is 1130. The molecule has 4 rings (SSSR count). The first-order valence-corrected chi connectivity index (χ1v) is 10.9. The van der Waals surface area contributed by atoms with Crippen LogP contribution in [0.15, 0.2) is 60.7 Å². The van der Waals surface area contributed by atoms with Crippen LogP contribution < -0.4 is 4.90 Å². The van der Waals surface area contributed by atoms with Crippen molar-refractivity contribution in [3.8, 4) is 0 Å². The van der Waals surface area contributed by atoms with Gasteiger partial charge in [-0.3, -0.25) is 0 Å². The van der Waals surface area contributed by atoms with Gasteiger partial charge in [0, 0.05) is 28.2 Å². The normalized spacial score (nSPS) is 12.2. The fraction of sp³-hybridized carbons (Fsp3) is 0.308. The first kappa shape index (κ1) is 19.0. The van der Waals surface area contributed by atoms with E-state index in [9.17, 15) is 0 Å². The largest absolute Gasteiger partial charge is 0.343 e. The van der Waals surface area contributed by atoms with Gasteiger partial charge in [0.25, 0.3) is 0 Å². The summed E-state index contributed by atoms with van der Waals surface area (Å²) in [6, 6.07) is 22.4. The van der Waals surface area contributed by atoms with Crippen LogP contribution in [0.1, 0.15) is 51.7 Å². The summed E-state index contributed by atoms with van der Waals surface area (Å²) in [6.07, 6.45) is 0. The predicted octanol–water partition coefficient (Wildman–Crippen LogP) is 8.24. The Balaban J connectivity index is 1.88. The van der Waals surface area contributed by atoms with Crippen LogP contribution in [-0.4, -0.2) is 7.05 Å². The molecule has 0 saturated carbocycles. The highest BCUT2D eigenvalue weighted by Crippen LogP contribution is 2.44. The van der Waals surface area contributed by atoms with Crippen molar-refractivity contribution in [3.05, 3.63) is 71.8 Å². The van der Waals surface area contributed by atoms with E-state index in [2.05, 4.69) is 107 Å². The molecule has 0 radical (unpaired) electrons. The Morgan fingerprint density at radius 1 is 0.786 bits per heavy atom. The van der Waals surface area contributed by atoms with Crippen molar-refractivity contribution in [2.45, 2.75) is 46.0 Å². The molecule has 0 fully saturated rings. The molecular formula is C26H29NS. The Morgan fingerprint density at radius 2 is 1.39 bits per heavy atom. The van der Waals surface area contributed by atoms with Crippen LogP contribution in [0.25, 0.3) is 20.2 Å². The molecule has 0 N–H and O–H groups in total. The van der Waals surface area contributed by atoms with E-state index in [0.29, 0.717) is 5.92 Å². The maximum absolute atomic E-state index is 2.32. The summed E-state index contributed by atoms with van der Waals surface area (Å²) in [5.41, 5.74) is 5.45. The molecule has 4 aromatic rings. The molecule has 0 aliphatic rings. The minimum Gasteiger partial charge on any atom is -0.343 e. The molecule has 0 spiro atoms. The smallest absolute Gasteiger partial charge is 0.0592 e. The van der Waals surface area contributed by atoms with E-state index in [1.807, 2.05) is 11.3 Å². The van der Waals surface area contributed by atoms with Crippen molar-refractivity contribution in [1.29, 1.82) is 0 Å². The van der Waals surface area contributed by atoms with Gasteiger partial charge in [-0.15, -0.1) is 11.3 Å². The van der Waals surface area contributed by atoms with Gasteiger partial charge in [0.05, 0.1) is 10.4 Å². The summed E-state index contributed by atoms with van der Waals surface area (Å²) in [7, 11) is 2.17. The van der Waals surface area contributed by atoms with Gasteiger partial charge in [-0.2, -0.15) is 0 Å². The quantitative estimate of drug-likeness (QED) is 0.342. The van der Waals surface area contributed by atoms with Crippen LogP contribution in [0.5, 0.6) is 0 Å². The van der Waals surface area contributed by atoms with Crippen molar-refractivity contribution in [2.24, 2.45) is 0 Å². The average molecular weight is 388 g/mol. The molecule has 2 heteroatoms. The Kier molecular flexibility index (Phi) is 4.71. The molecule has 0 aliphatic heterocycles. The van der Waals surface area contributed by atoms with Gasteiger partial charge in [0.1, 0.15) is 0 Å². The number of fused-ring (bicyclic) bond motifs is 3. The molecule has 28 heavy (non-hydrogen) atoms. The van der Waals surface area contributed by atoms with Crippen molar-refractivity contribution >= 4 is 42.9 Å². The zero-order valence-electron chi connectivity index (χ0n) is 17.7. The lowest BCUT2D eigenvalue weighted by Crippen LogP contribution is -2.10. The van der Waals surface area contributed by atoms with E-state index in [4.69, 9.17) is 0 Å². The van der Waals surface area contributed by atoms with Crippen LogP contribution in [-0.2, 0) is 5.41 Å². The lowest BCUT2D eigenvalue weighted by atomic mass is 9.86. The fourth-order valence-corrected chi connectivity index (χ4v) is 5.46. The molecule has 0 unspecified atom stereocenters. The number of hydrogen-bond acceptors (Lipinski definition) is 2. The van der Waals surface area contributed by atoms with Crippen LogP contribution in [0.2, 0.25) is 0 Å². The first-order chi connectivity index (χ1) is 13.3. The maximum Gasteiger partial charge on any atom is 0.0592 e. The summed E-state index contributed by atoms with van der Waals surface area (Å²) < 4.78 is 2.78. The average Bonchev–Trinajstić information content (AvgIpc) is 3.05. The molecule has 1 nitrogen and oxygen atoms in total. The Morgan fingerprint density at radius 3 is 2.00 bits per heavy atom. The number of hydrogen-bond donors (Lipinski definition) is 0. The summed E-state index contributed by atoms with van der Waals surface area (Å²) >= 11 is 1.93. The summed E-state index contributed by atoms with van der Waals surface area (Å²) in [5.74, 6) is 0.557. The molecule has 1 aromatic heterocycles. The highest BCUT2D eigenvalue weighted by atomic mass is 32.1. The molecule has 0 saturated heterocycles. The van der Waals surface area contributed by atoms with Gasteiger partial charge in [-0.05, 0) is 40.7 Å². The number of benzene rings is 3. The molecule has 3 aromatic carbocycles. The van der Waals surface area contributed by atoms with Crippen LogP contribution in [0.4, 0.5) is 11.4 Å². The second-order valence-corrected chi connectivity index (χ2v) is 10.0. The third-order valence-electron chi connectivity index (χ3n) is 5.62. The second-order valence-electron chi connectivity index (χ2n) is 8.99. The summed E-state index contributed by atoms with van der Waals surface area (Å²) in [5, 5.41) is 2.73. The summed E-state index contributed by atoms with van der Waals surface area (Å²) in [4.78, 5) is 2.32. The lowest BCUT2D eigenvalue weighted by molar-refractivity contribution is 0.597. The molecule has 0 amide bonds. The van der Waals surface area contributed by atoms with Crippen LogP contribution in [0, 0.1) is 0 Å². The Labute approximate surface area is 172 Å². The van der Waals surface area contributed by atoms with Gasteiger partial charge in [-0.1, -0.05) is 77.1 Å². The van der Waals surface area contributed by atoms with E-state index in [0.717, 1.165) is 0 Å². The lowest BCUT2D eigenvalue weighted by Gasteiger charge is -2.21. The van der Waals surface area contributed by atoms with Crippen LogP contribution >= 0.6 is 11.3 Å². The molecule has 0 aliphatic carbocycles. The summed E-state index contributed by atoms with van der Waals surface area (Å²) in [6.45, 7) is 11.4. The van der Waals surface area contributed by atoms with E-state index in [1.54, 1.807) is 0 Å². The number of rotatable bonds is 3. The van der Waals surface area contributed by atoms with Gasteiger partial charge in [0.15, 0.2) is 0 Å². The van der Waals surface area contributed by atoms with E-state index >= 15 is 0 Å². The highest BCUT2D eigenvalue weighted by molar-refractivity contribution is 7.26. The van der Waals surface area contributed by atoms with Gasteiger partial charge in [0.2, 0.25) is 0 Å². The minimum atomic E-state index is 0.138. The van der Waals surface area contributed by atoms with E-state index in [-0.39, 0.29) is 5.41 Å². The monoisotopic (exact) mass is 387 g/mol. The van der Waals surface area contributed by atoms with Gasteiger partial charge >= 0.3 is 0 Å². The second kappa shape index (κ2) is 6.93. The van der Waals surface area contributed by atoms with Crippen molar-refractivity contribution in [2.75, 3.05) is 11.9 Å². The zero-order chi connectivity index (χ0) is 20.1. The molecule has 0 atom stereocenters. The van der Waals surface area contributed by atoms with Crippen molar-refractivity contribution in [3.63, 3.8) is 0 Å². The SMILES string of the molecule is CC(C)c1ccc(N(C)c2cccc3c2sc2c(C(C)(C)C)cccc23)cc1. The molecule has 1 heterocycles. The highest BCUT2D eigenvalue weighted by Gasteiger charge is 2.20. The number of thiophene rings is 1. The Hall–Kier alpha value is -2.32. The number of anilines is 2. The molecular weight excluding hydrogens is 358 g/mol. The van der Waals surface area contributed by atoms with Crippen molar-refractivity contribution < 1.29 is 0 Å². The van der Waals surface area contributed by atoms with Gasteiger partial charge < -0.3 is 4.90 Å². The molecule has 0 bridgehead atoms. The number of nitrogens with zero attached hydrogens (tertiary/aromatic N) is 1. The standard InChI is InChI=1S/C26H29NS/c1-17(2)18-13-15-19(16-14-18)27(6)23-12-8-10-21-20-9-7-11-22(26(3,4)5)24(20)28-25(21)23/h7-17H,1-6H3. The fourth-order valence-electron chi connectivity index (χ4n) is 3.88. The zero-order valence-corrected chi connectivity index (χ0v) is 18.5. The third-order valence-corrected chi connectivity index (χ3v) is 6.90. The molecule has 144 valence electrons. The van der Waals surface area contributed by atoms with Crippen molar-refractivity contribution in [1.82, 2.24) is 0 Å². The maximum atomic E-state index is 2.32. The minimum absolute atomic E-state index is 0.138. The van der Waals surface area contributed by atoms with E-state index in [1.165, 1.54) is 42.7 Å². The topological polar surface area (TPSA) is 3.24 Å². The predicted molar refractivity (Wildman–Crippen MR) is 127 cm³/mol. The van der Waals surface area contributed by atoms with Crippen LogP contribution in [0.3, 0.4) is 0 Å². The van der Waals surface area contributed by atoms with E-state index < -0.39 is 0 Å². The third kappa shape index (κ3) is 3.20.